The normalized spacial score (nSPS) is 19.4. The molecule has 0 unspecified atom stereocenters. The minimum absolute atomic E-state index is 0.00506. The second-order valence-corrected chi connectivity index (χ2v) is 6.02. The van der Waals surface area contributed by atoms with Crippen molar-refractivity contribution < 1.29 is 9.47 Å². The van der Waals surface area contributed by atoms with Crippen LogP contribution in [0.2, 0.25) is 0 Å². The number of hydrogen-bond donors (Lipinski definition) is 0. The summed E-state index contributed by atoms with van der Waals surface area (Å²) in [5.41, 5.74) is 1.33. The van der Waals surface area contributed by atoms with Crippen LogP contribution < -0.4 is 0 Å². The van der Waals surface area contributed by atoms with E-state index in [1.165, 1.54) is 22.8 Å². The van der Waals surface area contributed by atoms with Crippen LogP contribution in [0, 0.1) is 0 Å². The highest BCUT2D eigenvalue weighted by atomic mass is 79.9. The number of halogens is 1. The Labute approximate surface area is 128 Å². The molecule has 0 spiro atoms. The predicted molar refractivity (Wildman–Crippen MR) is 84.9 cm³/mol. The molecule has 1 aliphatic heterocycles. The summed E-state index contributed by atoms with van der Waals surface area (Å²) in [6.07, 6.45) is 4.34. The number of benzene rings is 2. The van der Waals surface area contributed by atoms with E-state index in [1.54, 1.807) is 0 Å². The number of ether oxygens (including phenoxy) is 2. The maximum absolute atomic E-state index is 5.83. The van der Waals surface area contributed by atoms with Gasteiger partial charge in [-0.1, -0.05) is 46.3 Å². The molecule has 20 heavy (non-hydrogen) atoms. The predicted octanol–water partition coefficient (Wildman–Crippen LogP) is 4.69. The summed E-state index contributed by atoms with van der Waals surface area (Å²) >= 11 is 3.61. The zero-order valence-electron chi connectivity index (χ0n) is 11.5. The Bertz CT molecular complexity index is 576. The second-order valence-electron chi connectivity index (χ2n) is 5.17. The van der Waals surface area contributed by atoms with E-state index in [0.717, 1.165) is 36.9 Å². The highest BCUT2D eigenvalue weighted by molar-refractivity contribution is 9.10. The van der Waals surface area contributed by atoms with Gasteiger partial charge in [0, 0.05) is 11.1 Å². The Morgan fingerprint density at radius 1 is 1.10 bits per heavy atom. The van der Waals surface area contributed by atoms with Gasteiger partial charge in [-0.25, -0.2) is 0 Å². The fourth-order valence-electron chi connectivity index (χ4n) is 2.69. The molecule has 1 aliphatic rings. The molecule has 1 fully saturated rings. The van der Waals surface area contributed by atoms with Gasteiger partial charge in [-0.15, -0.1) is 0 Å². The van der Waals surface area contributed by atoms with Crippen LogP contribution in [0.4, 0.5) is 0 Å². The molecule has 0 radical (unpaired) electrons. The Morgan fingerprint density at radius 3 is 2.75 bits per heavy atom. The van der Waals surface area contributed by atoms with E-state index in [4.69, 9.17) is 9.47 Å². The average Bonchev–Trinajstić information content (AvgIpc) is 2.51. The molecule has 3 rings (SSSR count). The lowest BCUT2D eigenvalue weighted by Gasteiger charge is -2.22. The van der Waals surface area contributed by atoms with Crippen LogP contribution in [-0.2, 0) is 15.9 Å². The van der Waals surface area contributed by atoms with Crippen molar-refractivity contribution in [1.29, 1.82) is 0 Å². The van der Waals surface area contributed by atoms with Crippen molar-refractivity contribution in [3.8, 4) is 0 Å². The third kappa shape index (κ3) is 3.22. The topological polar surface area (TPSA) is 18.5 Å². The second kappa shape index (κ2) is 6.70. The van der Waals surface area contributed by atoms with Crippen LogP contribution >= 0.6 is 15.9 Å². The molecule has 2 aromatic rings. The van der Waals surface area contributed by atoms with Gasteiger partial charge in [-0.2, -0.15) is 0 Å². The van der Waals surface area contributed by atoms with Crippen molar-refractivity contribution in [1.82, 2.24) is 0 Å². The quantitative estimate of drug-likeness (QED) is 0.807. The van der Waals surface area contributed by atoms with E-state index in [9.17, 15) is 0 Å². The molecular weight excluding hydrogens is 316 g/mol. The SMILES string of the molecule is Brc1ccc(CCO[C@H]2CCCCO2)c2ccccc12. The van der Waals surface area contributed by atoms with Gasteiger partial charge in [0.15, 0.2) is 6.29 Å². The fraction of sp³-hybridized carbons (Fsp3) is 0.412. The van der Waals surface area contributed by atoms with Gasteiger partial charge in [0.2, 0.25) is 0 Å². The molecule has 0 saturated carbocycles. The van der Waals surface area contributed by atoms with E-state index in [-0.39, 0.29) is 6.29 Å². The van der Waals surface area contributed by atoms with Crippen molar-refractivity contribution in [2.24, 2.45) is 0 Å². The lowest BCUT2D eigenvalue weighted by Crippen LogP contribution is -2.23. The molecule has 1 heterocycles. The molecule has 0 aliphatic carbocycles. The first-order valence-corrected chi connectivity index (χ1v) is 8.03. The molecule has 0 amide bonds. The summed E-state index contributed by atoms with van der Waals surface area (Å²) in [6, 6.07) is 12.8. The molecule has 2 nitrogen and oxygen atoms in total. The van der Waals surface area contributed by atoms with Crippen molar-refractivity contribution in [2.45, 2.75) is 32.0 Å². The summed E-state index contributed by atoms with van der Waals surface area (Å²) in [7, 11) is 0. The van der Waals surface area contributed by atoms with E-state index in [0.29, 0.717) is 0 Å². The first kappa shape index (κ1) is 14.1. The van der Waals surface area contributed by atoms with Gasteiger partial charge in [0.1, 0.15) is 0 Å². The molecule has 1 saturated heterocycles. The van der Waals surface area contributed by atoms with Crippen molar-refractivity contribution in [2.75, 3.05) is 13.2 Å². The van der Waals surface area contributed by atoms with Gasteiger partial charge in [-0.3, -0.25) is 0 Å². The maximum Gasteiger partial charge on any atom is 0.157 e. The summed E-state index contributed by atoms with van der Waals surface area (Å²) < 4.78 is 12.6. The Hall–Kier alpha value is -0.900. The zero-order valence-corrected chi connectivity index (χ0v) is 13.1. The third-order valence-corrected chi connectivity index (χ3v) is 4.47. The largest absolute Gasteiger partial charge is 0.353 e. The van der Waals surface area contributed by atoms with Crippen LogP contribution in [0.25, 0.3) is 10.8 Å². The smallest absolute Gasteiger partial charge is 0.157 e. The Kier molecular flexibility index (Phi) is 4.71. The maximum atomic E-state index is 5.83. The Balaban J connectivity index is 1.67. The van der Waals surface area contributed by atoms with Crippen LogP contribution in [0.5, 0.6) is 0 Å². The van der Waals surface area contributed by atoms with Gasteiger partial charge in [-0.05, 0) is 48.1 Å². The molecular formula is C17H19BrO2. The molecule has 106 valence electrons. The monoisotopic (exact) mass is 334 g/mol. The lowest BCUT2D eigenvalue weighted by atomic mass is 10.0. The van der Waals surface area contributed by atoms with Gasteiger partial charge < -0.3 is 9.47 Å². The van der Waals surface area contributed by atoms with E-state index < -0.39 is 0 Å². The van der Waals surface area contributed by atoms with Gasteiger partial charge in [0.25, 0.3) is 0 Å². The van der Waals surface area contributed by atoms with Crippen molar-refractivity contribution in [3.63, 3.8) is 0 Å². The first-order chi connectivity index (χ1) is 9.84. The molecule has 0 bridgehead atoms. The van der Waals surface area contributed by atoms with Crippen LogP contribution in [0.3, 0.4) is 0 Å². The minimum atomic E-state index is 0.00506. The standard InChI is InChI=1S/C17H19BrO2/c18-16-9-8-13(14-5-1-2-6-15(14)16)10-12-20-17-7-3-4-11-19-17/h1-2,5-6,8-9,17H,3-4,7,10-12H2/t17-/m0/s1. The molecule has 0 N–H and O–H groups in total. The molecule has 0 aromatic heterocycles. The Morgan fingerprint density at radius 2 is 1.95 bits per heavy atom. The van der Waals surface area contributed by atoms with E-state index >= 15 is 0 Å². The van der Waals surface area contributed by atoms with Gasteiger partial charge in [0.05, 0.1) is 6.61 Å². The fourth-order valence-corrected chi connectivity index (χ4v) is 3.16. The lowest BCUT2D eigenvalue weighted by molar-refractivity contribution is -0.161. The minimum Gasteiger partial charge on any atom is -0.353 e. The van der Waals surface area contributed by atoms with E-state index in [1.807, 2.05) is 0 Å². The van der Waals surface area contributed by atoms with Crippen LogP contribution in [-0.4, -0.2) is 19.5 Å². The summed E-state index contributed by atoms with van der Waals surface area (Å²) in [6.45, 7) is 1.56. The average molecular weight is 335 g/mol. The van der Waals surface area contributed by atoms with E-state index in [2.05, 4.69) is 52.3 Å². The molecule has 2 aromatic carbocycles. The van der Waals surface area contributed by atoms with Crippen LogP contribution in [0.15, 0.2) is 40.9 Å². The van der Waals surface area contributed by atoms with Crippen molar-refractivity contribution in [3.05, 3.63) is 46.4 Å². The summed E-state index contributed by atoms with van der Waals surface area (Å²) in [5, 5.41) is 2.56. The molecule has 3 heteroatoms. The van der Waals surface area contributed by atoms with Crippen molar-refractivity contribution >= 4 is 26.7 Å². The van der Waals surface area contributed by atoms with Gasteiger partial charge >= 0.3 is 0 Å². The zero-order chi connectivity index (χ0) is 13.8. The van der Waals surface area contributed by atoms with Crippen LogP contribution in [0.1, 0.15) is 24.8 Å². The number of fused-ring (bicyclic) bond motifs is 1. The number of rotatable bonds is 4. The highest BCUT2D eigenvalue weighted by Crippen LogP contribution is 2.27. The highest BCUT2D eigenvalue weighted by Gasteiger charge is 2.14. The summed E-state index contributed by atoms with van der Waals surface area (Å²) in [5.74, 6) is 0. The summed E-state index contributed by atoms with van der Waals surface area (Å²) in [4.78, 5) is 0. The number of hydrogen-bond acceptors (Lipinski definition) is 2. The molecule has 1 atom stereocenters. The third-order valence-electron chi connectivity index (χ3n) is 3.77. The first-order valence-electron chi connectivity index (χ1n) is 7.24.